The molecule has 0 spiro atoms. The highest BCUT2D eigenvalue weighted by molar-refractivity contribution is 5.94. The number of hydrogen-bond donors (Lipinski definition) is 2. The van der Waals surface area contributed by atoms with Crippen LogP contribution in [0, 0.1) is 0 Å². The molecule has 0 aliphatic carbocycles. The van der Waals surface area contributed by atoms with Gasteiger partial charge in [-0.3, -0.25) is 0 Å². The fraction of sp³-hybridized carbons (Fsp3) is 0.300. The average molecular weight is 195 g/mol. The van der Waals surface area contributed by atoms with Crippen molar-refractivity contribution in [3.63, 3.8) is 0 Å². The van der Waals surface area contributed by atoms with Gasteiger partial charge in [-0.2, -0.15) is 0 Å². The molecule has 0 heterocycles. The smallest absolute Gasteiger partial charge is 0.342 e. The number of nitrogens with two attached hydrogens (primary N) is 1. The summed E-state index contributed by atoms with van der Waals surface area (Å²) in [4.78, 5) is 11.4. The Morgan fingerprint density at radius 1 is 1.57 bits per heavy atom. The quantitative estimate of drug-likeness (QED) is 0.431. The van der Waals surface area contributed by atoms with Gasteiger partial charge in [0.2, 0.25) is 6.29 Å². The van der Waals surface area contributed by atoms with Crippen LogP contribution < -0.4 is 5.73 Å². The first-order valence-electron chi connectivity index (χ1n) is 4.38. The van der Waals surface area contributed by atoms with E-state index in [1.54, 1.807) is 31.2 Å². The number of carbonyl (C=O) groups excluding carboxylic acids is 1. The molecule has 0 radical (unpaired) electrons. The zero-order valence-electron chi connectivity index (χ0n) is 7.93. The number of aliphatic hydroxyl groups is 1. The zero-order chi connectivity index (χ0) is 10.6. The maximum atomic E-state index is 11.4. The minimum Gasteiger partial charge on any atom is -0.432 e. The van der Waals surface area contributed by atoms with Crippen LogP contribution in [0.2, 0.25) is 0 Å². The van der Waals surface area contributed by atoms with Crippen LogP contribution in [0.5, 0.6) is 0 Å². The number of ether oxygens (including phenoxy) is 1. The molecule has 14 heavy (non-hydrogen) atoms. The van der Waals surface area contributed by atoms with E-state index in [-0.39, 0.29) is 5.56 Å². The van der Waals surface area contributed by atoms with E-state index in [2.05, 4.69) is 0 Å². The number of para-hydroxylation sites is 1. The minimum absolute atomic E-state index is 0.278. The lowest BCUT2D eigenvalue weighted by Gasteiger charge is -2.10. The third kappa shape index (κ3) is 2.47. The van der Waals surface area contributed by atoms with Gasteiger partial charge >= 0.3 is 5.97 Å². The van der Waals surface area contributed by atoms with Crippen molar-refractivity contribution < 1.29 is 14.6 Å². The summed E-state index contributed by atoms with van der Waals surface area (Å²) in [5, 5.41) is 9.10. The molecule has 0 bridgehead atoms. The number of benzene rings is 1. The lowest BCUT2D eigenvalue weighted by atomic mass is 10.2. The highest BCUT2D eigenvalue weighted by atomic mass is 16.6. The van der Waals surface area contributed by atoms with Gasteiger partial charge in [-0.1, -0.05) is 19.1 Å². The Balaban J connectivity index is 2.75. The Morgan fingerprint density at radius 2 is 2.21 bits per heavy atom. The lowest BCUT2D eigenvalue weighted by Crippen LogP contribution is -2.17. The molecule has 1 rings (SSSR count). The first-order chi connectivity index (χ1) is 6.65. The predicted octanol–water partition coefficient (Wildman–Crippen LogP) is 1.15. The van der Waals surface area contributed by atoms with E-state index in [1.807, 2.05) is 0 Å². The van der Waals surface area contributed by atoms with Crippen LogP contribution in [0.4, 0.5) is 5.69 Å². The van der Waals surface area contributed by atoms with Crippen LogP contribution in [0.25, 0.3) is 0 Å². The van der Waals surface area contributed by atoms with Crippen molar-refractivity contribution in [1.82, 2.24) is 0 Å². The van der Waals surface area contributed by atoms with E-state index in [9.17, 15) is 4.79 Å². The van der Waals surface area contributed by atoms with E-state index in [0.29, 0.717) is 12.1 Å². The number of esters is 1. The summed E-state index contributed by atoms with van der Waals surface area (Å²) < 4.78 is 4.70. The van der Waals surface area contributed by atoms with Gasteiger partial charge < -0.3 is 15.6 Å². The van der Waals surface area contributed by atoms with E-state index in [4.69, 9.17) is 15.6 Å². The number of hydrogen-bond acceptors (Lipinski definition) is 4. The third-order valence-corrected chi connectivity index (χ3v) is 1.77. The molecule has 0 aromatic heterocycles. The van der Waals surface area contributed by atoms with Gasteiger partial charge in [0, 0.05) is 12.1 Å². The second-order valence-electron chi connectivity index (χ2n) is 2.86. The van der Waals surface area contributed by atoms with Crippen LogP contribution in [0.15, 0.2) is 24.3 Å². The lowest BCUT2D eigenvalue weighted by molar-refractivity contribution is -0.0655. The summed E-state index contributed by atoms with van der Waals surface area (Å²) in [6.07, 6.45) is -0.708. The van der Waals surface area contributed by atoms with Crippen molar-refractivity contribution >= 4 is 11.7 Å². The Bertz CT molecular complexity index is 325. The van der Waals surface area contributed by atoms with Crippen molar-refractivity contribution in [3.05, 3.63) is 29.8 Å². The normalized spacial score (nSPS) is 12.1. The minimum atomic E-state index is -1.07. The van der Waals surface area contributed by atoms with Crippen molar-refractivity contribution in [3.8, 4) is 0 Å². The van der Waals surface area contributed by atoms with E-state index >= 15 is 0 Å². The molecule has 1 aromatic carbocycles. The molecule has 1 unspecified atom stereocenters. The first kappa shape index (κ1) is 10.5. The molecule has 0 fully saturated rings. The molecule has 0 amide bonds. The Hall–Kier alpha value is -1.55. The van der Waals surface area contributed by atoms with E-state index < -0.39 is 12.3 Å². The van der Waals surface area contributed by atoms with Crippen LogP contribution in [0.3, 0.4) is 0 Å². The van der Waals surface area contributed by atoms with Gasteiger partial charge in [0.15, 0.2) is 0 Å². The summed E-state index contributed by atoms with van der Waals surface area (Å²) in [6, 6.07) is 6.57. The van der Waals surface area contributed by atoms with Crippen LogP contribution >= 0.6 is 0 Å². The van der Waals surface area contributed by atoms with E-state index in [0.717, 1.165) is 0 Å². The second kappa shape index (κ2) is 4.62. The SMILES string of the molecule is CCC(O)OC(=O)c1ccccc1N. The fourth-order valence-electron chi connectivity index (χ4n) is 0.953. The standard InChI is InChI=1S/C10H13NO3/c1-2-9(12)14-10(13)7-5-3-4-6-8(7)11/h3-6,9,12H,2,11H2,1H3. The van der Waals surface area contributed by atoms with Crippen LogP contribution in [0.1, 0.15) is 23.7 Å². The summed E-state index contributed by atoms with van der Waals surface area (Å²) in [7, 11) is 0. The number of anilines is 1. The summed E-state index contributed by atoms with van der Waals surface area (Å²) in [5.74, 6) is -0.600. The molecule has 0 saturated carbocycles. The predicted molar refractivity (Wildman–Crippen MR) is 52.6 cm³/mol. The van der Waals surface area contributed by atoms with Gasteiger partial charge in [0.25, 0.3) is 0 Å². The third-order valence-electron chi connectivity index (χ3n) is 1.77. The molecule has 4 heteroatoms. The summed E-state index contributed by atoms with van der Waals surface area (Å²) in [5.41, 5.74) is 6.18. The first-order valence-corrected chi connectivity index (χ1v) is 4.38. The Morgan fingerprint density at radius 3 is 2.79 bits per heavy atom. The number of carbonyl (C=O) groups is 1. The monoisotopic (exact) mass is 195 g/mol. The molecule has 0 aliphatic rings. The fourth-order valence-corrected chi connectivity index (χ4v) is 0.953. The molecule has 1 aromatic rings. The van der Waals surface area contributed by atoms with Crippen LogP contribution in [-0.2, 0) is 4.74 Å². The Kier molecular flexibility index (Phi) is 3.48. The molecule has 0 saturated heterocycles. The number of rotatable bonds is 3. The topological polar surface area (TPSA) is 72.5 Å². The van der Waals surface area contributed by atoms with Gasteiger partial charge in [0.1, 0.15) is 0 Å². The summed E-state index contributed by atoms with van der Waals surface area (Å²) in [6.45, 7) is 1.71. The van der Waals surface area contributed by atoms with Gasteiger partial charge in [0.05, 0.1) is 5.56 Å². The maximum absolute atomic E-state index is 11.4. The van der Waals surface area contributed by atoms with Crippen molar-refractivity contribution in [2.45, 2.75) is 19.6 Å². The van der Waals surface area contributed by atoms with Crippen molar-refractivity contribution in [2.75, 3.05) is 5.73 Å². The highest BCUT2D eigenvalue weighted by Gasteiger charge is 2.13. The Labute approximate surface area is 82.3 Å². The van der Waals surface area contributed by atoms with Crippen molar-refractivity contribution in [1.29, 1.82) is 0 Å². The number of nitrogen functional groups attached to an aromatic ring is 1. The van der Waals surface area contributed by atoms with E-state index in [1.165, 1.54) is 0 Å². The highest BCUT2D eigenvalue weighted by Crippen LogP contribution is 2.12. The van der Waals surface area contributed by atoms with Gasteiger partial charge in [-0.15, -0.1) is 0 Å². The summed E-state index contributed by atoms with van der Waals surface area (Å²) >= 11 is 0. The van der Waals surface area contributed by atoms with Crippen LogP contribution in [-0.4, -0.2) is 17.4 Å². The molecular formula is C10H13NO3. The molecular weight excluding hydrogens is 182 g/mol. The number of aliphatic hydroxyl groups excluding tert-OH is 1. The molecule has 4 nitrogen and oxygen atoms in total. The molecule has 3 N–H and O–H groups in total. The van der Waals surface area contributed by atoms with Gasteiger partial charge in [-0.05, 0) is 12.1 Å². The molecule has 0 aliphatic heterocycles. The zero-order valence-corrected chi connectivity index (χ0v) is 7.93. The maximum Gasteiger partial charge on any atom is 0.342 e. The largest absolute Gasteiger partial charge is 0.432 e. The van der Waals surface area contributed by atoms with Gasteiger partial charge in [-0.25, -0.2) is 4.79 Å². The van der Waals surface area contributed by atoms with Crippen molar-refractivity contribution in [2.24, 2.45) is 0 Å². The average Bonchev–Trinajstić information content (AvgIpc) is 2.18. The second-order valence-corrected chi connectivity index (χ2v) is 2.86. The molecule has 1 atom stereocenters. The molecule has 76 valence electrons.